The molecule has 1 atom stereocenters. The number of amides is 1. The molecule has 0 saturated heterocycles. The minimum Gasteiger partial charge on any atom is -0.481 e. The van der Waals surface area contributed by atoms with Gasteiger partial charge in [0.15, 0.2) is 0 Å². The lowest BCUT2D eigenvalue weighted by atomic mass is 10.0. The SMILES string of the molecule is C[C@H](CCCCC(N)=O)C(=O)O. The van der Waals surface area contributed by atoms with Gasteiger partial charge in [0.1, 0.15) is 0 Å². The van der Waals surface area contributed by atoms with Crippen molar-refractivity contribution in [2.24, 2.45) is 11.7 Å². The number of carbonyl (C=O) groups excluding carboxylic acids is 1. The Labute approximate surface area is 71.8 Å². The molecule has 0 fully saturated rings. The summed E-state index contributed by atoms with van der Waals surface area (Å²) in [5.41, 5.74) is 4.91. The van der Waals surface area contributed by atoms with Crippen molar-refractivity contribution < 1.29 is 14.7 Å². The lowest BCUT2D eigenvalue weighted by Crippen LogP contribution is -2.11. The highest BCUT2D eigenvalue weighted by Crippen LogP contribution is 2.08. The van der Waals surface area contributed by atoms with Gasteiger partial charge in [-0.05, 0) is 12.8 Å². The van der Waals surface area contributed by atoms with Gasteiger partial charge in [0.2, 0.25) is 5.91 Å². The Morgan fingerprint density at radius 1 is 1.42 bits per heavy atom. The first-order chi connectivity index (χ1) is 5.54. The zero-order valence-corrected chi connectivity index (χ0v) is 7.25. The van der Waals surface area contributed by atoms with Gasteiger partial charge in [0.25, 0.3) is 0 Å². The van der Waals surface area contributed by atoms with E-state index in [1.165, 1.54) is 0 Å². The molecule has 0 heterocycles. The van der Waals surface area contributed by atoms with Crippen LogP contribution in [0.25, 0.3) is 0 Å². The topological polar surface area (TPSA) is 80.4 Å². The molecule has 0 bridgehead atoms. The van der Waals surface area contributed by atoms with Gasteiger partial charge < -0.3 is 10.8 Å². The van der Waals surface area contributed by atoms with E-state index in [1.54, 1.807) is 6.92 Å². The van der Waals surface area contributed by atoms with Gasteiger partial charge >= 0.3 is 5.97 Å². The smallest absolute Gasteiger partial charge is 0.306 e. The summed E-state index contributed by atoms with van der Waals surface area (Å²) in [7, 11) is 0. The molecule has 12 heavy (non-hydrogen) atoms. The van der Waals surface area contributed by atoms with Crippen molar-refractivity contribution in [2.75, 3.05) is 0 Å². The number of carboxylic acid groups (broad SMARTS) is 1. The van der Waals surface area contributed by atoms with E-state index in [0.717, 1.165) is 6.42 Å². The van der Waals surface area contributed by atoms with Gasteiger partial charge in [-0.25, -0.2) is 0 Å². The Bertz CT molecular complexity index is 168. The molecule has 0 aliphatic carbocycles. The lowest BCUT2D eigenvalue weighted by molar-refractivity contribution is -0.141. The third-order valence-corrected chi connectivity index (χ3v) is 1.73. The fraction of sp³-hybridized carbons (Fsp3) is 0.750. The minimum absolute atomic E-state index is 0.321. The molecule has 4 nitrogen and oxygen atoms in total. The largest absolute Gasteiger partial charge is 0.481 e. The molecule has 0 spiro atoms. The highest BCUT2D eigenvalue weighted by molar-refractivity contribution is 5.73. The molecule has 0 aliphatic heterocycles. The normalized spacial score (nSPS) is 12.4. The van der Waals surface area contributed by atoms with Crippen LogP contribution in [0.5, 0.6) is 0 Å². The number of aliphatic carboxylic acids is 1. The minimum atomic E-state index is -0.783. The van der Waals surface area contributed by atoms with Crippen molar-refractivity contribution in [3.05, 3.63) is 0 Å². The Morgan fingerprint density at radius 3 is 2.42 bits per heavy atom. The third-order valence-electron chi connectivity index (χ3n) is 1.73. The fourth-order valence-electron chi connectivity index (χ4n) is 0.873. The van der Waals surface area contributed by atoms with Crippen molar-refractivity contribution in [3.8, 4) is 0 Å². The highest BCUT2D eigenvalue weighted by atomic mass is 16.4. The summed E-state index contributed by atoms with van der Waals surface area (Å²) >= 11 is 0. The second-order valence-electron chi connectivity index (χ2n) is 2.95. The molecule has 0 aliphatic rings. The molecule has 0 aromatic carbocycles. The average Bonchev–Trinajstić information content (AvgIpc) is 1.97. The van der Waals surface area contributed by atoms with Crippen LogP contribution in [0.2, 0.25) is 0 Å². The first-order valence-electron chi connectivity index (χ1n) is 4.05. The van der Waals surface area contributed by atoms with E-state index >= 15 is 0 Å². The van der Waals surface area contributed by atoms with Crippen LogP contribution in [0.15, 0.2) is 0 Å². The molecular weight excluding hydrogens is 158 g/mol. The Kier molecular flexibility index (Phi) is 5.08. The second-order valence-corrected chi connectivity index (χ2v) is 2.95. The Morgan fingerprint density at radius 2 is 2.00 bits per heavy atom. The van der Waals surface area contributed by atoms with Crippen LogP contribution in [-0.4, -0.2) is 17.0 Å². The van der Waals surface area contributed by atoms with E-state index in [-0.39, 0.29) is 11.8 Å². The van der Waals surface area contributed by atoms with Crippen LogP contribution < -0.4 is 5.73 Å². The number of unbranched alkanes of at least 4 members (excludes halogenated alkanes) is 1. The maximum Gasteiger partial charge on any atom is 0.306 e. The number of nitrogens with two attached hydrogens (primary N) is 1. The van der Waals surface area contributed by atoms with Gasteiger partial charge in [-0.1, -0.05) is 13.3 Å². The van der Waals surface area contributed by atoms with E-state index in [2.05, 4.69) is 0 Å². The van der Waals surface area contributed by atoms with Crippen LogP contribution >= 0.6 is 0 Å². The Balaban J connectivity index is 3.31. The molecule has 0 rings (SSSR count). The zero-order valence-electron chi connectivity index (χ0n) is 7.25. The number of primary amides is 1. The molecule has 0 aromatic heterocycles. The first-order valence-corrected chi connectivity index (χ1v) is 4.05. The Hall–Kier alpha value is -1.06. The maximum absolute atomic E-state index is 10.3. The summed E-state index contributed by atoms with van der Waals surface area (Å²) in [6.45, 7) is 1.66. The lowest BCUT2D eigenvalue weighted by Gasteiger charge is -2.03. The summed E-state index contributed by atoms with van der Waals surface area (Å²) in [6, 6.07) is 0. The third kappa shape index (κ3) is 5.70. The zero-order chi connectivity index (χ0) is 9.56. The van der Waals surface area contributed by atoms with Crippen LogP contribution in [0.4, 0.5) is 0 Å². The number of hydrogen-bond donors (Lipinski definition) is 2. The van der Waals surface area contributed by atoms with Crippen LogP contribution in [-0.2, 0) is 9.59 Å². The van der Waals surface area contributed by atoms with Crippen molar-refractivity contribution in [1.29, 1.82) is 0 Å². The van der Waals surface area contributed by atoms with Gasteiger partial charge in [-0.15, -0.1) is 0 Å². The summed E-state index contributed by atoms with van der Waals surface area (Å²) in [5.74, 6) is -1.43. The predicted molar refractivity (Wildman–Crippen MR) is 44.5 cm³/mol. The number of rotatable bonds is 6. The fourth-order valence-corrected chi connectivity index (χ4v) is 0.873. The molecular formula is C8H15NO3. The molecule has 3 N–H and O–H groups in total. The van der Waals surface area contributed by atoms with Gasteiger partial charge in [0, 0.05) is 6.42 Å². The van der Waals surface area contributed by atoms with Crippen LogP contribution in [0.1, 0.15) is 32.6 Å². The molecule has 0 saturated carbocycles. The van der Waals surface area contributed by atoms with E-state index < -0.39 is 5.97 Å². The second kappa shape index (κ2) is 5.57. The molecule has 0 aromatic rings. The summed E-state index contributed by atoms with van der Waals surface area (Å²) in [5, 5.41) is 8.50. The molecule has 0 unspecified atom stereocenters. The maximum atomic E-state index is 10.3. The van der Waals surface area contributed by atoms with Gasteiger partial charge in [-0.2, -0.15) is 0 Å². The quantitative estimate of drug-likeness (QED) is 0.581. The van der Waals surface area contributed by atoms with Crippen LogP contribution in [0.3, 0.4) is 0 Å². The van der Waals surface area contributed by atoms with E-state index in [9.17, 15) is 9.59 Å². The van der Waals surface area contributed by atoms with E-state index in [1.807, 2.05) is 0 Å². The van der Waals surface area contributed by atoms with Crippen molar-refractivity contribution in [3.63, 3.8) is 0 Å². The summed E-state index contributed by atoms with van der Waals surface area (Å²) < 4.78 is 0. The van der Waals surface area contributed by atoms with Crippen molar-refractivity contribution >= 4 is 11.9 Å². The number of carbonyl (C=O) groups is 2. The predicted octanol–water partition coefficient (Wildman–Crippen LogP) is 0.753. The summed E-state index contributed by atoms with van der Waals surface area (Å²) in [6.07, 6.45) is 2.40. The number of hydrogen-bond acceptors (Lipinski definition) is 2. The molecule has 70 valence electrons. The monoisotopic (exact) mass is 173 g/mol. The van der Waals surface area contributed by atoms with Crippen molar-refractivity contribution in [2.45, 2.75) is 32.6 Å². The van der Waals surface area contributed by atoms with Gasteiger partial charge in [-0.3, -0.25) is 9.59 Å². The standard InChI is InChI=1S/C8H15NO3/c1-6(8(11)12)4-2-3-5-7(9)10/h6H,2-5H2,1H3,(H2,9,10)(H,11,12)/t6-/m1/s1. The molecule has 0 radical (unpaired) electrons. The van der Waals surface area contributed by atoms with Crippen molar-refractivity contribution in [1.82, 2.24) is 0 Å². The van der Waals surface area contributed by atoms with E-state index in [0.29, 0.717) is 19.3 Å². The van der Waals surface area contributed by atoms with Crippen LogP contribution in [0, 0.1) is 5.92 Å². The van der Waals surface area contributed by atoms with E-state index in [4.69, 9.17) is 10.8 Å². The molecule has 4 heteroatoms. The highest BCUT2D eigenvalue weighted by Gasteiger charge is 2.09. The number of carboxylic acids is 1. The average molecular weight is 173 g/mol. The summed E-state index contributed by atoms with van der Waals surface area (Å²) in [4.78, 5) is 20.6. The van der Waals surface area contributed by atoms with Gasteiger partial charge in [0.05, 0.1) is 5.92 Å². The molecule has 1 amide bonds. The first kappa shape index (κ1) is 10.9.